The predicted octanol–water partition coefficient (Wildman–Crippen LogP) is -1.91. The van der Waals surface area contributed by atoms with E-state index >= 15 is 0 Å². The van der Waals surface area contributed by atoms with Crippen molar-refractivity contribution in [2.75, 3.05) is 12.4 Å². The average molecular weight is 226 g/mol. The van der Waals surface area contributed by atoms with Gasteiger partial charge < -0.3 is 9.29 Å². The van der Waals surface area contributed by atoms with E-state index in [2.05, 4.69) is 0 Å². The quantitative estimate of drug-likeness (QED) is 0.444. The number of ether oxygens (including phenoxy) is 1. The van der Waals surface area contributed by atoms with Crippen molar-refractivity contribution in [2.45, 2.75) is 0 Å². The van der Waals surface area contributed by atoms with Gasteiger partial charge in [-0.05, 0) is 24.3 Å². The fourth-order valence-corrected chi connectivity index (χ4v) is 0.978. The summed E-state index contributed by atoms with van der Waals surface area (Å²) in [5.41, 5.74) is 0. The Kier molecular flexibility index (Phi) is 7.40. The van der Waals surface area contributed by atoms with Gasteiger partial charge in [0.05, 0.1) is 6.61 Å². The van der Waals surface area contributed by atoms with Gasteiger partial charge in [0.2, 0.25) is 0 Å². The third-order valence-corrected chi connectivity index (χ3v) is 1.83. The van der Waals surface area contributed by atoms with Crippen LogP contribution in [0.25, 0.3) is 0 Å². The van der Waals surface area contributed by atoms with Crippen molar-refractivity contribution in [1.82, 2.24) is 0 Å². The Labute approximate surface area is 106 Å². The Hall–Kier alpha value is 0.0600. The van der Waals surface area contributed by atoms with Crippen LogP contribution in [0.15, 0.2) is 24.3 Å². The predicted molar refractivity (Wildman–Crippen MR) is 45.7 cm³/mol. The van der Waals surface area contributed by atoms with Gasteiger partial charge in [-0.2, -0.15) is 0 Å². The summed E-state index contributed by atoms with van der Waals surface area (Å²) in [4.78, 5) is 0. The van der Waals surface area contributed by atoms with Gasteiger partial charge in [-0.1, -0.05) is 11.1 Å². The second-order valence-electron chi connectivity index (χ2n) is 2.31. The molecule has 1 rings (SSSR count). The third kappa shape index (κ3) is 5.72. The summed E-state index contributed by atoms with van der Waals surface area (Å²) < 4.78 is 37.6. The molecule has 1 aromatic carbocycles. The molecular weight excluding hydrogens is 218 g/mol. The molecule has 0 aliphatic carbocycles. The van der Waals surface area contributed by atoms with Gasteiger partial charge in [0.1, 0.15) is 11.6 Å². The minimum absolute atomic E-state index is 0. The summed E-state index contributed by atoms with van der Waals surface area (Å²) in [7, 11) is 0. The van der Waals surface area contributed by atoms with E-state index in [9.17, 15) is 13.2 Å². The van der Waals surface area contributed by atoms with E-state index in [-0.39, 0.29) is 47.7 Å². The van der Waals surface area contributed by atoms with E-state index in [1.807, 2.05) is 0 Å². The van der Waals surface area contributed by atoms with Crippen molar-refractivity contribution in [3.05, 3.63) is 30.1 Å². The monoisotopic (exact) mass is 226 g/mol. The van der Waals surface area contributed by atoms with Crippen LogP contribution in [0, 0.1) is 5.82 Å². The molecule has 0 amide bonds. The molecular formula is C8H8FNaO3S. The van der Waals surface area contributed by atoms with Crippen LogP contribution in [0.1, 0.15) is 0 Å². The molecule has 0 fully saturated rings. The van der Waals surface area contributed by atoms with Gasteiger partial charge in [0, 0.05) is 5.75 Å². The van der Waals surface area contributed by atoms with E-state index in [1.54, 1.807) is 0 Å². The Morgan fingerprint density at radius 2 is 1.93 bits per heavy atom. The zero-order chi connectivity index (χ0) is 9.68. The van der Waals surface area contributed by atoms with Crippen molar-refractivity contribution in [3.8, 4) is 5.75 Å². The van der Waals surface area contributed by atoms with Crippen molar-refractivity contribution in [2.24, 2.45) is 0 Å². The topological polar surface area (TPSA) is 49.4 Å². The van der Waals surface area contributed by atoms with Crippen molar-refractivity contribution < 1.29 is 47.4 Å². The molecule has 0 spiro atoms. The SMILES string of the molecule is O=S([O-])CCOc1ccc(F)cc1.[Na+]. The van der Waals surface area contributed by atoms with E-state index in [4.69, 9.17) is 4.74 Å². The summed E-state index contributed by atoms with van der Waals surface area (Å²) >= 11 is -2.09. The van der Waals surface area contributed by atoms with E-state index in [0.717, 1.165) is 0 Å². The van der Waals surface area contributed by atoms with Gasteiger partial charge in [0.15, 0.2) is 0 Å². The molecule has 0 saturated carbocycles. The van der Waals surface area contributed by atoms with Crippen LogP contribution in [0.3, 0.4) is 0 Å². The summed E-state index contributed by atoms with van der Waals surface area (Å²) in [5.74, 6) is 0.0591. The van der Waals surface area contributed by atoms with Crippen molar-refractivity contribution in [1.29, 1.82) is 0 Å². The maximum atomic E-state index is 12.4. The van der Waals surface area contributed by atoms with Crippen LogP contribution in [0.5, 0.6) is 5.75 Å². The molecule has 0 radical (unpaired) electrons. The third-order valence-electron chi connectivity index (χ3n) is 1.33. The number of benzene rings is 1. The number of rotatable bonds is 4. The second kappa shape index (κ2) is 7.36. The fraction of sp³-hybridized carbons (Fsp3) is 0.250. The largest absolute Gasteiger partial charge is 1.00 e. The molecule has 0 bridgehead atoms. The molecule has 0 N–H and O–H groups in total. The van der Waals surface area contributed by atoms with E-state index < -0.39 is 11.1 Å². The average Bonchev–Trinajstić information content (AvgIpc) is 2.08. The first-order chi connectivity index (χ1) is 6.18. The summed E-state index contributed by atoms with van der Waals surface area (Å²) in [6, 6.07) is 5.40. The second-order valence-corrected chi connectivity index (χ2v) is 3.33. The molecule has 1 aromatic rings. The Morgan fingerprint density at radius 3 is 2.43 bits per heavy atom. The molecule has 0 saturated heterocycles. The first-order valence-corrected chi connectivity index (χ1v) is 4.87. The molecule has 1 atom stereocenters. The Bertz CT molecular complexity index is 291. The van der Waals surface area contributed by atoms with Crippen LogP contribution in [0.4, 0.5) is 4.39 Å². The minimum atomic E-state index is -2.09. The van der Waals surface area contributed by atoms with E-state index in [0.29, 0.717) is 5.75 Å². The summed E-state index contributed by atoms with van der Waals surface area (Å²) in [6.45, 7) is 0.0851. The zero-order valence-corrected chi connectivity index (χ0v) is 10.6. The smallest absolute Gasteiger partial charge is 0.772 e. The zero-order valence-electron chi connectivity index (χ0n) is 7.73. The molecule has 72 valence electrons. The maximum absolute atomic E-state index is 12.4. The van der Waals surface area contributed by atoms with Gasteiger partial charge >= 0.3 is 29.6 Å². The first-order valence-electron chi connectivity index (χ1n) is 3.63. The van der Waals surface area contributed by atoms with Gasteiger partial charge in [0.25, 0.3) is 0 Å². The Balaban J connectivity index is 0.00000169. The molecule has 0 aromatic heterocycles. The van der Waals surface area contributed by atoms with Gasteiger partial charge in [-0.25, -0.2) is 4.39 Å². The molecule has 0 aliphatic heterocycles. The minimum Gasteiger partial charge on any atom is -0.772 e. The normalized spacial score (nSPS) is 11.6. The summed E-state index contributed by atoms with van der Waals surface area (Å²) in [5, 5.41) is 0. The van der Waals surface area contributed by atoms with E-state index in [1.165, 1.54) is 24.3 Å². The molecule has 6 heteroatoms. The van der Waals surface area contributed by atoms with Crippen molar-refractivity contribution >= 4 is 11.1 Å². The molecule has 14 heavy (non-hydrogen) atoms. The molecule has 0 aliphatic rings. The van der Waals surface area contributed by atoms with Crippen LogP contribution >= 0.6 is 0 Å². The molecule has 0 heterocycles. The standard InChI is InChI=1S/C8H9FO3S.Na/c9-7-1-3-8(4-2-7)12-5-6-13(10)11;/h1-4H,5-6H2,(H,10,11);/q;+1/p-1. The van der Waals surface area contributed by atoms with Crippen LogP contribution in [0.2, 0.25) is 0 Å². The number of hydrogen-bond donors (Lipinski definition) is 0. The Morgan fingerprint density at radius 1 is 1.36 bits per heavy atom. The fourth-order valence-electron chi connectivity index (χ4n) is 0.758. The maximum Gasteiger partial charge on any atom is 1.00 e. The van der Waals surface area contributed by atoms with Crippen LogP contribution < -0.4 is 34.3 Å². The van der Waals surface area contributed by atoms with Crippen LogP contribution in [-0.2, 0) is 11.1 Å². The number of hydrogen-bond acceptors (Lipinski definition) is 3. The first kappa shape index (κ1) is 14.1. The van der Waals surface area contributed by atoms with Crippen LogP contribution in [-0.4, -0.2) is 21.1 Å². The summed E-state index contributed by atoms with van der Waals surface area (Å²) in [6.07, 6.45) is 0. The molecule has 3 nitrogen and oxygen atoms in total. The molecule has 1 unspecified atom stereocenters. The van der Waals surface area contributed by atoms with Crippen molar-refractivity contribution in [3.63, 3.8) is 0 Å². The number of halogens is 1. The van der Waals surface area contributed by atoms with Gasteiger partial charge in [-0.3, -0.25) is 4.21 Å². The van der Waals surface area contributed by atoms with Gasteiger partial charge in [-0.15, -0.1) is 0 Å².